The lowest BCUT2D eigenvalue weighted by Gasteiger charge is -2.31. The van der Waals surface area contributed by atoms with Gasteiger partial charge in [0.2, 0.25) is 0 Å². The first kappa shape index (κ1) is 14.4. The second-order valence-corrected chi connectivity index (χ2v) is 4.48. The predicted octanol–water partition coefficient (Wildman–Crippen LogP) is 3.85. The van der Waals surface area contributed by atoms with Crippen molar-refractivity contribution in [2.45, 2.75) is 38.8 Å². The topological polar surface area (TPSA) is 12.0 Å². The summed E-state index contributed by atoms with van der Waals surface area (Å²) in [4.78, 5) is 0. The Kier molecular flexibility index (Phi) is 5.34. The van der Waals surface area contributed by atoms with Crippen LogP contribution in [0.1, 0.15) is 32.3 Å². The Hall–Kier alpha value is -0.670. The van der Waals surface area contributed by atoms with Gasteiger partial charge in [-0.25, -0.2) is 8.78 Å². The Bertz CT molecular complexity index is 356. The van der Waals surface area contributed by atoms with Crippen LogP contribution in [0.4, 0.5) is 8.78 Å². The molecule has 0 saturated carbocycles. The summed E-state index contributed by atoms with van der Waals surface area (Å²) >= 11 is 5.93. The highest BCUT2D eigenvalue weighted by molar-refractivity contribution is 6.18. The molecule has 0 bridgehead atoms. The first-order valence-corrected chi connectivity index (χ1v) is 6.35. The van der Waals surface area contributed by atoms with Crippen molar-refractivity contribution in [2.24, 2.45) is 0 Å². The fraction of sp³-hybridized carbons (Fsp3) is 0.538. The highest BCUT2D eigenvalue weighted by Crippen LogP contribution is 2.19. The average molecular weight is 262 g/mol. The summed E-state index contributed by atoms with van der Waals surface area (Å²) < 4.78 is 26.4. The second-order valence-electron chi connectivity index (χ2n) is 4.21. The van der Waals surface area contributed by atoms with E-state index in [0.717, 1.165) is 25.0 Å². The molecule has 0 heterocycles. The minimum absolute atomic E-state index is 0.208. The maximum atomic E-state index is 13.4. The molecule has 0 unspecified atom stereocenters. The molecule has 0 radical (unpaired) electrons. The number of rotatable bonds is 6. The molecule has 4 heteroatoms. The van der Waals surface area contributed by atoms with Crippen LogP contribution in [0.15, 0.2) is 18.2 Å². The number of benzene rings is 1. The van der Waals surface area contributed by atoms with Gasteiger partial charge in [-0.2, -0.15) is 0 Å². The van der Waals surface area contributed by atoms with Crippen LogP contribution in [0.25, 0.3) is 0 Å². The number of nitrogens with one attached hydrogen (secondary N) is 1. The number of hydrogen-bond acceptors (Lipinski definition) is 1. The molecule has 96 valence electrons. The van der Waals surface area contributed by atoms with E-state index in [1.54, 1.807) is 0 Å². The van der Waals surface area contributed by atoms with Gasteiger partial charge in [-0.1, -0.05) is 13.8 Å². The van der Waals surface area contributed by atoms with Crippen LogP contribution < -0.4 is 5.32 Å². The monoisotopic (exact) mass is 261 g/mol. The normalized spacial score (nSPS) is 11.8. The van der Waals surface area contributed by atoms with Crippen LogP contribution in [0.5, 0.6) is 0 Å². The summed E-state index contributed by atoms with van der Waals surface area (Å²) in [6, 6.07) is 3.48. The van der Waals surface area contributed by atoms with E-state index in [2.05, 4.69) is 5.32 Å². The average Bonchev–Trinajstić information content (AvgIpc) is 2.35. The smallest absolute Gasteiger partial charge is 0.127 e. The van der Waals surface area contributed by atoms with Gasteiger partial charge < -0.3 is 5.32 Å². The minimum atomic E-state index is -0.423. The first-order valence-electron chi connectivity index (χ1n) is 5.82. The maximum absolute atomic E-state index is 13.4. The summed E-state index contributed by atoms with van der Waals surface area (Å²) in [5.41, 5.74) is 0.127. The molecule has 1 rings (SSSR count). The van der Waals surface area contributed by atoms with Crippen molar-refractivity contribution in [1.82, 2.24) is 5.32 Å². The molecule has 0 aliphatic rings. The zero-order valence-corrected chi connectivity index (χ0v) is 11.0. The van der Waals surface area contributed by atoms with Crippen molar-refractivity contribution < 1.29 is 8.78 Å². The standard InChI is InChI=1S/C13H18ClF2N/c1-3-13(4-2,9-14)17-8-10-7-11(15)5-6-12(10)16/h5-7,17H,3-4,8-9H2,1-2H3. The van der Waals surface area contributed by atoms with Crippen LogP contribution in [0, 0.1) is 11.6 Å². The first-order chi connectivity index (χ1) is 8.06. The maximum Gasteiger partial charge on any atom is 0.127 e. The van der Waals surface area contributed by atoms with Gasteiger partial charge in [-0.05, 0) is 31.0 Å². The highest BCUT2D eigenvalue weighted by Gasteiger charge is 2.24. The van der Waals surface area contributed by atoms with Gasteiger partial charge in [0.05, 0.1) is 0 Å². The zero-order valence-electron chi connectivity index (χ0n) is 10.2. The van der Waals surface area contributed by atoms with Crippen molar-refractivity contribution >= 4 is 11.6 Å². The summed E-state index contributed by atoms with van der Waals surface area (Å²) in [7, 11) is 0. The molecule has 0 aromatic heterocycles. The third-order valence-corrected chi connectivity index (χ3v) is 3.78. The fourth-order valence-corrected chi connectivity index (χ4v) is 2.17. The van der Waals surface area contributed by atoms with E-state index in [0.29, 0.717) is 11.4 Å². The van der Waals surface area contributed by atoms with Crippen LogP contribution in [-0.2, 0) is 6.54 Å². The number of halogens is 3. The van der Waals surface area contributed by atoms with Gasteiger partial charge in [0, 0.05) is 23.5 Å². The fourth-order valence-electron chi connectivity index (χ4n) is 1.70. The van der Waals surface area contributed by atoms with Gasteiger partial charge in [-0.3, -0.25) is 0 Å². The van der Waals surface area contributed by atoms with Gasteiger partial charge >= 0.3 is 0 Å². The number of hydrogen-bond donors (Lipinski definition) is 1. The molecule has 0 amide bonds. The summed E-state index contributed by atoms with van der Waals surface area (Å²) in [5.74, 6) is -0.362. The van der Waals surface area contributed by atoms with E-state index in [1.165, 1.54) is 6.07 Å². The molecule has 1 aromatic carbocycles. The van der Waals surface area contributed by atoms with Gasteiger partial charge in [-0.15, -0.1) is 11.6 Å². The quantitative estimate of drug-likeness (QED) is 0.767. The van der Waals surface area contributed by atoms with E-state index in [4.69, 9.17) is 11.6 Å². The Labute approximate surface area is 106 Å². The molecule has 0 saturated heterocycles. The lowest BCUT2D eigenvalue weighted by molar-refractivity contribution is 0.331. The van der Waals surface area contributed by atoms with E-state index < -0.39 is 11.6 Å². The number of alkyl halides is 1. The Morgan fingerprint density at radius 3 is 2.41 bits per heavy atom. The molecular formula is C13H18ClF2N. The predicted molar refractivity (Wildman–Crippen MR) is 67.2 cm³/mol. The van der Waals surface area contributed by atoms with E-state index in [-0.39, 0.29) is 12.1 Å². The van der Waals surface area contributed by atoms with Crippen LogP contribution in [-0.4, -0.2) is 11.4 Å². The molecule has 1 nitrogen and oxygen atoms in total. The Morgan fingerprint density at radius 1 is 1.24 bits per heavy atom. The van der Waals surface area contributed by atoms with Gasteiger partial charge in [0.25, 0.3) is 0 Å². The van der Waals surface area contributed by atoms with Crippen molar-refractivity contribution in [3.8, 4) is 0 Å². The van der Waals surface area contributed by atoms with Crippen molar-refractivity contribution in [2.75, 3.05) is 5.88 Å². The molecule has 1 N–H and O–H groups in total. The van der Waals surface area contributed by atoms with Crippen LogP contribution in [0.3, 0.4) is 0 Å². The molecule has 0 spiro atoms. The zero-order chi connectivity index (χ0) is 12.9. The summed E-state index contributed by atoms with van der Waals surface area (Å²) in [5, 5.41) is 3.23. The van der Waals surface area contributed by atoms with E-state index >= 15 is 0 Å². The molecular weight excluding hydrogens is 244 g/mol. The van der Waals surface area contributed by atoms with Crippen molar-refractivity contribution in [3.05, 3.63) is 35.4 Å². The summed E-state index contributed by atoms with van der Waals surface area (Å²) in [6.07, 6.45) is 1.70. The minimum Gasteiger partial charge on any atom is -0.306 e. The molecule has 17 heavy (non-hydrogen) atoms. The highest BCUT2D eigenvalue weighted by atomic mass is 35.5. The lowest BCUT2D eigenvalue weighted by atomic mass is 9.95. The molecule has 0 atom stereocenters. The molecule has 0 aliphatic carbocycles. The van der Waals surface area contributed by atoms with E-state index in [1.807, 2.05) is 13.8 Å². The molecule has 1 aromatic rings. The van der Waals surface area contributed by atoms with Crippen LogP contribution >= 0.6 is 11.6 Å². The Balaban J connectivity index is 2.75. The SMILES string of the molecule is CCC(CC)(CCl)NCc1cc(F)ccc1F. The summed E-state index contributed by atoms with van der Waals surface area (Å²) in [6.45, 7) is 4.35. The van der Waals surface area contributed by atoms with Gasteiger partial charge in [0.15, 0.2) is 0 Å². The third kappa shape index (κ3) is 3.65. The van der Waals surface area contributed by atoms with Crippen LogP contribution in [0.2, 0.25) is 0 Å². The largest absolute Gasteiger partial charge is 0.306 e. The Morgan fingerprint density at radius 2 is 1.88 bits per heavy atom. The van der Waals surface area contributed by atoms with Gasteiger partial charge in [0.1, 0.15) is 11.6 Å². The van der Waals surface area contributed by atoms with Crippen molar-refractivity contribution in [1.29, 1.82) is 0 Å². The molecule has 0 fully saturated rings. The third-order valence-electron chi connectivity index (χ3n) is 3.27. The lowest BCUT2D eigenvalue weighted by Crippen LogP contribution is -2.45. The van der Waals surface area contributed by atoms with E-state index in [9.17, 15) is 8.78 Å². The van der Waals surface area contributed by atoms with Crippen molar-refractivity contribution in [3.63, 3.8) is 0 Å². The molecule has 0 aliphatic heterocycles. The second kappa shape index (κ2) is 6.31.